The molecule has 0 spiro atoms. The second-order valence-electron chi connectivity index (χ2n) is 7.72. The molecule has 2 aromatic rings. The largest absolute Gasteiger partial charge is 0.379 e. The Balaban J connectivity index is 0.00000300. The Hall–Kier alpha value is -1.32. The molecule has 162 valence electrons. The van der Waals surface area contributed by atoms with Crippen molar-refractivity contribution in [2.75, 3.05) is 39.4 Å². The lowest BCUT2D eigenvalue weighted by Gasteiger charge is -2.37. The molecule has 1 saturated heterocycles. The summed E-state index contributed by atoms with van der Waals surface area (Å²) in [5.41, 5.74) is 3.88. The molecule has 2 unspecified atom stereocenters. The fourth-order valence-electron chi connectivity index (χ4n) is 3.95. The van der Waals surface area contributed by atoms with E-state index in [1.807, 2.05) is 0 Å². The van der Waals surface area contributed by atoms with Gasteiger partial charge in [0.05, 0.1) is 19.8 Å². The zero-order valence-electron chi connectivity index (χ0n) is 18.1. The first-order chi connectivity index (χ1) is 13.6. The molecule has 0 amide bonds. The number of benzene rings is 1. The lowest BCUT2D eigenvalue weighted by molar-refractivity contribution is -0.0165. The summed E-state index contributed by atoms with van der Waals surface area (Å²) in [6.45, 7) is 13.9. The number of aromatic nitrogens is 1. The molecule has 0 radical (unpaired) electrons. The van der Waals surface area contributed by atoms with Gasteiger partial charge in [-0.05, 0) is 45.2 Å². The molecule has 1 aromatic carbocycles. The van der Waals surface area contributed by atoms with Gasteiger partial charge in [-0.15, -0.1) is 24.0 Å². The number of morpholine rings is 1. The molecule has 7 heteroatoms. The maximum absolute atomic E-state index is 5.55. The number of hydrogen-bond donors (Lipinski definition) is 3. The molecule has 1 aromatic heterocycles. The first kappa shape index (κ1) is 24.0. The van der Waals surface area contributed by atoms with Crippen molar-refractivity contribution >= 4 is 40.8 Å². The minimum atomic E-state index is 0. The summed E-state index contributed by atoms with van der Waals surface area (Å²) in [4.78, 5) is 10.7. The summed E-state index contributed by atoms with van der Waals surface area (Å²) >= 11 is 0. The molecule has 0 bridgehead atoms. The van der Waals surface area contributed by atoms with E-state index in [0.29, 0.717) is 12.1 Å². The number of guanidine groups is 1. The zero-order valence-corrected chi connectivity index (χ0v) is 20.5. The average Bonchev–Trinajstić information content (AvgIpc) is 3.11. The van der Waals surface area contributed by atoms with Crippen LogP contribution in [0.3, 0.4) is 0 Å². The molecular weight excluding hydrogens is 477 g/mol. The highest BCUT2D eigenvalue weighted by Crippen LogP contribution is 2.21. The van der Waals surface area contributed by atoms with Crippen molar-refractivity contribution in [2.45, 2.75) is 46.2 Å². The van der Waals surface area contributed by atoms with Crippen LogP contribution in [-0.2, 0) is 11.2 Å². The van der Waals surface area contributed by atoms with Crippen LogP contribution in [-0.4, -0.2) is 67.3 Å². The van der Waals surface area contributed by atoms with Crippen LogP contribution in [0.15, 0.2) is 29.4 Å². The van der Waals surface area contributed by atoms with E-state index in [4.69, 9.17) is 9.73 Å². The predicted molar refractivity (Wildman–Crippen MR) is 133 cm³/mol. The van der Waals surface area contributed by atoms with E-state index in [0.717, 1.165) is 51.8 Å². The zero-order chi connectivity index (χ0) is 19.9. The highest BCUT2D eigenvalue weighted by molar-refractivity contribution is 14.0. The maximum atomic E-state index is 5.55. The fraction of sp³-hybridized carbons (Fsp3) is 0.591. The fourth-order valence-corrected chi connectivity index (χ4v) is 3.95. The number of nitrogens with one attached hydrogen (secondary N) is 3. The minimum absolute atomic E-state index is 0. The van der Waals surface area contributed by atoms with Crippen molar-refractivity contribution in [1.82, 2.24) is 20.5 Å². The molecule has 0 aliphatic carbocycles. The summed E-state index contributed by atoms with van der Waals surface area (Å²) in [6.07, 6.45) is 3.09. The number of aromatic amines is 1. The number of fused-ring (bicyclic) bond motifs is 1. The molecule has 1 fully saturated rings. The number of halogens is 1. The van der Waals surface area contributed by atoms with Gasteiger partial charge in [-0.3, -0.25) is 9.89 Å². The Morgan fingerprint density at radius 2 is 2.21 bits per heavy atom. The van der Waals surface area contributed by atoms with E-state index in [-0.39, 0.29) is 24.0 Å². The average molecular weight is 513 g/mol. The van der Waals surface area contributed by atoms with Gasteiger partial charge < -0.3 is 20.4 Å². The van der Waals surface area contributed by atoms with E-state index in [1.165, 1.54) is 22.0 Å². The Bertz CT molecular complexity index is 791. The van der Waals surface area contributed by atoms with Crippen molar-refractivity contribution in [3.8, 4) is 0 Å². The second-order valence-corrected chi connectivity index (χ2v) is 7.72. The number of rotatable bonds is 7. The molecule has 6 nitrogen and oxygen atoms in total. The van der Waals surface area contributed by atoms with E-state index >= 15 is 0 Å². The van der Waals surface area contributed by atoms with Crippen molar-refractivity contribution < 1.29 is 4.74 Å². The van der Waals surface area contributed by atoms with Gasteiger partial charge in [0.25, 0.3) is 0 Å². The van der Waals surface area contributed by atoms with Crippen molar-refractivity contribution in [3.63, 3.8) is 0 Å². The standard InChI is InChI=1S/C22H35N5O.HI/c1-5-23-22(26-13-17(3)27-11-12-28-15-18(27)4)24-10-9-19-14-25-21-16(2)7-6-8-20(19)21;/h6-8,14,17-18,25H,5,9-13,15H2,1-4H3,(H2,23,24,26);1H. The van der Waals surface area contributed by atoms with E-state index in [9.17, 15) is 0 Å². The number of aryl methyl sites for hydroxylation is 1. The summed E-state index contributed by atoms with van der Waals surface area (Å²) < 4.78 is 5.55. The van der Waals surface area contributed by atoms with Crippen LogP contribution in [0.5, 0.6) is 0 Å². The molecule has 2 atom stereocenters. The molecule has 1 aliphatic heterocycles. The number of aliphatic imine (C=N–C) groups is 1. The highest BCUT2D eigenvalue weighted by atomic mass is 127. The molecule has 0 saturated carbocycles. The van der Waals surface area contributed by atoms with Crippen molar-refractivity contribution in [2.24, 2.45) is 4.99 Å². The summed E-state index contributed by atoms with van der Waals surface area (Å²) in [5, 5.41) is 8.17. The third kappa shape index (κ3) is 6.33. The van der Waals surface area contributed by atoms with Gasteiger partial charge in [0.15, 0.2) is 5.96 Å². The van der Waals surface area contributed by atoms with Crippen LogP contribution in [0.4, 0.5) is 0 Å². The Labute approximate surface area is 191 Å². The SMILES string of the molecule is CCNC(=NCC(C)N1CCOCC1C)NCCc1c[nH]c2c(C)cccc12.I. The van der Waals surface area contributed by atoms with Crippen molar-refractivity contribution in [3.05, 3.63) is 35.5 Å². The summed E-state index contributed by atoms with van der Waals surface area (Å²) in [6, 6.07) is 7.33. The monoisotopic (exact) mass is 513 g/mol. The Kier molecular flexibility index (Phi) is 9.71. The number of para-hydroxylation sites is 1. The number of hydrogen-bond acceptors (Lipinski definition) is 3. The number of ether oxygens (including phenoxy) is 1. The van der Waals surface area contributed by atoms with Gasteiger partial charge in [-0.2, -0.15) is 0 Å². The van der Waals surface area contributed by atoms with E-state index in [2.05, 4.69) is 72.6 Å². The van der Waals surface area contributed by atoms with Crippen LogP contribution in [0, 0.1) is 6.92 Å². The van der Waals surface area contributed by atoms with Gasteiger partial charge in [0, 0.05) is 48.8 Å². The topological polar surface area (TPSA) is 64.7 Å². The van der Waals surface area contributed by atoms with E-state index < -0.39 is 0 Å². The smallest absolute Gasteiger partial charge is 0.191 e. The van der Waals surface area contributed by atoms with Crippen LogP contribution in [0.2, 0.25) is 0 Å². The van der Waals surface area contributed by atoms with Crippen molar-refractivity contribution in [1.29, 1.82) is 0 Å². The second kappa shape index (κ2) is 11.8. The molecule has 1 aliphatic rings. The van der Waals surface area contributed by atoms with Gasteiger partial charge in [0.1, 0.15) is 0 Å². The number of nitrogens with zero attached hydrogens (tertiary/aromatic N) is 2. The normalized spacial score (nSPS) is 19.0. The van der Waals surface area contributed by atoms with Crippen LogP contribution < -0.4 is 10.6 Å². The summed E-state index contributed by atoms with van der Waals surface area (Å²) in [5.74, 6) is 0.895. The number of H-pyrrole nitrogens is 1. The predicted octanol–water partition coefficient (Wildman–Crippen LogP) is 3.30. The lowest BCUT2D eigenvalue weighted by Crippen LogP contribution is -2.49. The minimum Gasteiger partial charge on any atom is -0.379 e. The molecule has 3 rings (SSSR count). The summed E-state index contributed by atoms with van der Waals surface area (Å²) in [7, 11) is 0. The third-order valence-corrected chi connectivity index (χ3v) is 5.54. The molecule has 29 heavy (non-hydrogen) atoms. The maximum Gasteiger partial charge on any atom is 0.191 e. The quantitative estimate of drug-likeness (QED) is 0.302. The Morgan fingerprint density at radius 3 is 2.97 bits per heavy atom. The highest BCUT2D eigenvalue weighted by Gasteiger charge is 2.23. The lowest BCUT2D eigenvalue weighted by atomic mass is 10.1. The first-order valence-electron chi connectivity index (χ1n) is 10.5. The van der Waals surface area contributed by atoms with Gasteiger partial charge in [0.2, 0.25) is 0 Å². The van der Waals surface area contributed by atoms with Gasteiger partial charge >= 0.3 is 0 Å². The van der Waals surface area contributed by atoms with Crippen LogP contribution >= 0.6 is 24.0 Å². The molecule has 2 heterocycles. The van der Waals surface area contributed by atoms with Crippen LogP contribution in [0.25, 0.3) is 10.9 Å². The third-order valence-electron chi connectivity index (χ3n) is 5.54. The molecule has 3 N–H and O–H groups in total. The molecular formula is C22H36IN5O. The Morgan fingerprint density at radius 1 is 1.38 bits per heavy atom. The van der Waals surface area contributed by atoms with Gasteiger partial charge in [-0.1, -0.05) is 18.2 Å². The van der Waals surface area contributed by atoms with E-state index in [1.54, 1.807) is 0 Å². The first-order valence-corrected chi connectivity index (χ1v) is 10.5. The van der Waals surface area contributed by atoms with Gasteiger partial charge in [-0.25, -0.2) is 0 Å². The van der Waals surface area contributed by atoms with Crippen LogP contribution in [0.1, 0.15) is 31.9 Å².